The SMILES string of the molecule is O=C(CCCCl)Cc1csc2ccccc12. The van der Waals surface area contributed by atoms with Gasteiger partial charge in [0.05, 0.1) is 0 Å². The molecule has 0 saturated carbocycles. The number of rotatable bonds is 5. The number of carbonyl (C=O) groups is 1. The minimum Gasteiger partial charge on any atom is -0.299 e. The number of ketones is 1. The van der Waals surface area contributed by atoms with Gasteiger partial charge >= 0.3 is 0 Å². The number of hydrogen-bond donors (Lipinski definition) is 0. The van der Waals surface area contributed by atoms with E-state index in [4.69, 9.17) is 11.6 Å². The number of fused-ring (bicyclic) bond motifs is 1. The van der Waals surface area contributed by atoms with E-state index in [9.17, 15) is 4.79 Å². The Morgan fingerprint density at radius 2 is 2.12 bits per heavy atom. The molecular weight excluding hydrogens is 240 g/mol. The summed E-state index contributed by atoms with van der Waals surface area (Å²) in [5.41, 5.74) is 1.15. The van der Waals surface area contributed by atoms with Gasteiger partial charge in [-0.1, -0.05) is 18.2 Å². The van der Waals surface area contributed by atoms with E-state index in [-0.39, 0.29) is 5.78 Å². The lowest BCUT2D eigenvalue weighted by molar-refractivity contribution is -0.118. The summed E-state index contributed by atoms with van der Waals surface area (Å²) < 4.78 is 1.25. The smallest absolute Gasteiger partial charge is 0.137 e. The van der Waals surface area contributed by atoms with E-state index >= 15 is 0 Å². The van der Waals surface area contributed by atoms with Crippen LogP contribution in [-0.2, 0) is 11.2 Å². The van der Waals surface area contributed by atoms with Crippen molar-refractivity contribution in [3.05, 3.63) is 35.2 Å². The van der Waals surface area contributed by atoms with Crippen molar-refractivity contribution >= 4 is 38.8 Å². The summed E-state index contributed by atoms with van der Waals surface area (Å²) in [7, 11) is 0. The van der Waals surface area contributed by atoms with E-state index in [0.717, 1.165) is 12.0 Å². The van der Waals surface area contributed by atoms with Gasteiger partial charge in [-0.05, 0) is 28.8 Å². The Kier molecular flexibility index (Phi) is 3.97. The highest BCUT2D eigenvalue weighted by Gasteiger charge is 2.08. The van der Waals surface area contributed by atoms with Crippen LogP contribution in [0.1, 0.15) is 18.4 Å². The molecule has 0 aliphatic carbocycles. The van der Waals surface area contributed by atoms with Crippen molar-refractivity contribution in [2.75, 3.05) is 5.88 Å². The van der Waals surface area contributed by atoms with E-state index < -0.39 is 0 Å². The third kappa shape index (κ3) is 2.63. The van der Waals surface area contributed by atoms with E-state index in [1.807, 2.05) is 12.1 Å². The van der Waals surface area contributed by atoms with Gasteiger partial charge in [-0.3, -0.25) is 4.79 Å². The molecule has 0 radical (unpaired) electrons. The molecule has 0 fully saturated rings. The Labute approximate surface area is 104 Å². The maximum absolute atomic E-state index is 11.7. The Bertz CT molecular complexity index is 489. The average molecular weight is 253 g/mol. The average Bonchev–Trinajstić information content (AvgIpc) is 2.70. The zero-order chi connectivity index (χ0) is 11.4. The molecule has 1 aromatic heterocycles. The molecule has 0 bridgehead atoms. The standard InChI is InChI=1S/C13H13ClOS/c14-7-3-4-11(15)8-10-9-16-13-6-2-1-5-12(10)13/h1-2,5-6,9H,3-4,7-8H2. The monoisotopic (exact) mass is 252 g/mol. The lowest BCUT2D eigenvalue weighted by Gasteiger charge is -1.98. The summed E-state index contributed by atoms with van der Waals surface area (Å²) in [5, 5.41) is 3.30. The van der Waals surface area contributed by atoms with Gasteiger partial charge in [0.1, 0.15) is 5.78 Å². The molecule has 16 heavy (non-hydrogen) atoms. The number of halogens is 1. The van der Waals surface area contributed by atoms with Gasteiger partial charge in [-0.15, -0.1) is 22.9 Å². The first-order chi connectivity index (χ1) is 7.81. The molecule has 3 heteroatoms. The van der Waals surface area contributed by atoms with Crippen LogP contribution in [0.25, 0.3) is 10.1 Å². The summed E-state index contributed by atoms with van der Waals surface area (Å²) in [4.78, 5) is 11.7. The third-order valence-electron chi connectivity index (χ3n) is 2.54. The van der Waals surface area contributed by atoms with Crippen LogP contribution in [-0.4, -0.2) is 11.7 Å². The van der Waals surface area contributed by atoms with Crippen LogP contribution < -0.4 is 0 Å². The van der Waals surface area contributed by atoms with Crippen LogP contribution in [0.15, 0.2) is 29.6 Å². The van der Waals surface area contributed by atoms with Crippen molar-refractivity contribution in [2.24, 2.45) is 0 Å². The molecule has 1 heterocycles. The van der Waals surface area contributed by atoms with Crippen LogP contribution in [0, 0.1) is 0 Å². The van der Waals surface area contributed by atoms with Gasteiger partial charge in [0.2, 0.25) is 0 Å². The zero-order valence-electron chi connectivity index (χ0n) is 8.91. The second-order valence-corrected chi connectivity index (χ2v) is 5.05. The quantitative estimate of drug-likeness (QED) is 0.735. The van der Waals surface area contributed by atoms with Crippen molar-refractivity contribution in [1.82, 2.24) is 0 Å². The normalized spacial score (nSPS) is 10.8. The summed E-state index contributed by atoms with van der Waals surface area (Å²) in [6, 6.07) is 8.21. The largest absolute Gasteiger partial charge is 0.299 e. The van der Waals surface area contributed by atoms with Crippen LogP contribution in [0.2, 0.25) is 0 Å². The Balaban J connectivity index is 2.12. The van der Waals surface area contributed by atoms with Gasteiger partial charge in [-0.25, -0.2) is 0 Å². The fourth-order valence-corrected chi connectivity index (χ4v) is 2.83. The van der Waals surface area contributed by atoms with Gasteiger partial charge in [0.15, 0.2) is 0 Å². The number of benzene rings is 1. The predicted molar refractivity (Wildman–Crippen MR) is 70.5 cm³/mol. The first-order valence-electron chi connectivity index (χ1n) is 5.34. The van der Waals surface area contributed by atoms with Crippen molar-refractivity contribution in [3.8, 4) is 0 Å². The van der Waals surface area contributed by atoms with Crippen molar-refractivity contribution in [2.45, 2.75) is 19.3 Å². The molecule has 1 aromatic carbocycles. The molecule has 1 nitrogen and oxygen atoms in total. The van der Waals surface area contributed by atoms with E-state index in [1.165, 1.54) is 10.1 Å². The van der Waals surface area contributed by atoms with Crippen LogP contribution in [0.4, 0.5) is 0 Å². The lowest BCUT2D eigenvalue weighted by Crippen LogP contribution is -2.02. The summed E-state index contributed by atoms with van der Waals surface area (Å²) in [6.07, 6.45) is 1.91. The van der Waals surface area contributed by atoms with E-state index in [0.29, 0.717) is 18.7 Å². The molecule has 0 N–H and O–H groups in total. The van der Waals surface area contributed by atoms with Gasteiger partial charge in [0.25, 0.3) is 0 Å². The second-order valence-electron chi connectivity index (χ2n) is 3.77. The van der Waals surface area contributed by atoms with Gasteiger partial charge in [0, 0.05) is 23.4 Å². The zero-order valence-corrected chi connectivity index (χ0v) is 10.5. The molecule has 0 saturated heterocycles. The minimum absolute atomic E-state index is 0.282. The fraction of sp³-hybridized carbons (Fsp3) is 0.308. The van der Waals surface area contributed by atoms with Gasteiger partial charge < -0.3 is 0 Å². The number of alkyl halides is 1. The fourth-order valence-electron chi connectivity index (χ4n) is 1.73. The van der Waals surface area contributed by atoms with Crippen molar-refractivity contribution < 1.29 is 4.79 Å². The molecule has 2 rings (SSSR count). The molecule has 2 aromatic rings. The number of thiophene rings is 1. The predicted octanol–water partition coefficient (Wildman–Crippen LogP) is 4.03. The molecule has 84 valence electrons. The molecular formula is C13H13ClOS. The molecule has 0 amide bonds. The lowest BCUT2D eigenvalue weighted by atomic mass is 10.1. The Hall–Kier alpha value is -0.860. The molecule has 0 aliphatic rings. The minimum atomic E-state index is 0.282. The van der Waals surface area contributed by atoms with Crippen molar-refractivity contribution in [3.63, 3.8) is 0 Å². The highest BCUT2D eigenvalue weighted by Crippen LogP contribution is 2.26. The van der Waals surface area contributed by atoms with E-state index in [2.05, 4.69) is 17.5 Å². The van der Waals surface area contributed by atoms with Crippen LogP contribution >= 0.6 is 22.9 Å². The molecule has 0 unspecified atom stereocenters. The Morgan fingerprint density at radius 3 is 2.94 bits per heavy atom. The third-order valence-corrected chi connectivity index (χ3v) is 3.82. The molecule has 0 spiro atoms. The summed E-state index contributed by atoms with van der Waals surface area (Å²) in [5.74, 6) is 0.847. The highest BCUT2D eigenvalue weighted by atomic mass is 35.5. The molecule has 0 atom stereocenters. The second kappa shape index (κ2) is 5.46. The van der Waals surface area contributed by atoms with Gasteiger partial charge in [-0.2, -0.15) is 0 Å². The number of carbonyl (C=O) groups excluding carboxylic acids is 1. The van der Waals surface area contributed by atoms with E-state index in [1.54, 1.807) is 11.3 Å². The molecule has 0 aliphatic heterocycles. The highest BCUT2D eigenvalue weighted by molar-refractivity contribution is 7.17. The summed E-state index contributed by atoms with van der Waals surface area (Å²) >= 11 is 7.27. The maximum Gasteiger partial charge on any atom is 0.137 e. The van der Waals surface area contributed by atoms with Crippen LogP contribution in [0.5, 0.6) is 0 Å². The number of Topliss-reactive ketones (excluding diaryl/α,β-unsaturated/α-hetero) is 1. The first-order valence-corrected chi connectivity index (χ1v) is 6.75. The first kappa shape index (κ1) is 11.6. The topological polar surface area (TPSA) is 17.1 Å². The summed E-state index contributed by atoms with van der Waals surface area (Å²) in [6.45, 7) is 0. The maximum atomic E-state index is 11.7. The van der Waals surface area contributed by atoms with Crippen LogP contribution in [0.3, 0.4) is 0 Å². The van der Waals surface area contributed by atoms with Crippen molar-refractivity contribution in [1.29, 1.82) is 0 Å². The Morgan fingerprint density at radius 1 is 1.31 bits per heavy atom. The number of hydrogen-bond acceptors (Lipinski definition) is 2.